The standard InChI is InChI=1S/C37H43ClN4O7.C31H39N3O8/c1-8-28(49-29-18-15-22(3)19-23(29)4)32(44)39-25-16-17-26(38)27(20-25)40-33(45)30(31(43)37(5,6)7)42-34(46)35(48-9-2)41(36(42)47)21-24-13-11-10-12-14-24;1-10-21(41-22-13-11-17(2)15-18(22)3)26(36)32-19-12-14-23(40-9)20(16-19)33-27(37)24(25(35)30(4,5)6)34-28(38)31(7,8)42-29(34)39/h10-20,28,30,35H,8-9,21H2,1-7H3,(H,39,44)(H,40,45);11-16,21,24H,10H2,1-9H3,(H,32,36)(H,33,37). The van der Waals surface area contributed by atoms with E-state index >= 15 is 0 Å². The first-order valence-corrected chi connectivity index (χ1v) is 30.2. The normalized spacial score (nSPS) is 15.9. The third-order valence-corrected chi connectivity index (χ3v) is 15.0. The quantitative estimate of drug-likeness (QED) is 0.0350. The molecule has 5 unspecified atom stereocenters. The number of cyclic esters (lactones) is 1. The van der Waals surface area contributed by atoms with Crippen LogP contribution < -0.4 is 35.5 Å². The number of hydrogen-bond acceptors (Lipinski definition) is 15. The van der Waals surface area contributed by atoms with Gasteiger partial charge < -0.3 is 45.0 Å². The maximum Gasteiger partial charge on any atom is 0.418 e. The van der Waals surface area contributed by atoms with Crippen molar-refractivity contribution in [2.45, 2.75) is 159 Å². The van der Waals surface area contributed by atoms with Crippen LogP contribution in [-0.4, -0.2) is 124 Å². The van der Waals surface area contributed by atoms with Crippen LogP contribution in [0.4, 0.5) is 32.3 Å². The van der Waals surface area contributed by atoms with Crippen molar-refractivity contribution >= 4 is 93.5 Å². The minimum Gasteiger partial charge on any atom is -0.495 e. The first kappa shape index (κ1) is 70.9. The monoisotopic (exact) mass is 1270 g/mol. The number of ketones is 2. The third kappa shape index (κ3) is 17.2. The van der Waals surface area contributed by atoms with Crippen LogP contribution >= 0.6 is 11.6 Å². The number of rotatable bonds is 23. The summed E-state index contributed by atoms with van der Waals surface area (Å²) < 4.78 is 28.2. The lowest BCUT2D eigenvalue weighted by Crippen LogP contribution is -2.55. The summed E-state index contributed by atoms with van der Waals surface area (Å²) in [5.41, 5.74) is 1.70. The van der Waals surface area contributed by atoms with Crippen LogP contribution in [0.1, 0.15) is 117 Å². The highest BCUT2D eigenvalue weighted by atomic mass is 35.5. The fourth-order valence-electron chi connectivity index (χ4n) is 9.75. The van der Waals surface area contributed by atoms with Gasteiger partial charge in [-0.3, -0.25) is 43.3 Å². The number of amides is 9. The average Bonchev–Trinajstić information content (AvgIpc) is 1.65. The van der Waals surface area contributed by atoms with E-state index < -0.39 is 106 Å². The van der Waals surface area contributed by atoms with Crippen molar-refractivity contribution in [3.8, 4) is 17.2 Å². The number of nitrogens with one attached hydrogen (secondary N) is 4. The van der Waals surface area contributed by atoms with Crippen molar-refractivity contribution in [3.63, 3.8) is 0 Å². The second-order valence-corrected chi connectivity index (χ2v) is 25.0. The molecule has 0 bridgehead atoms. The van der Waals surface area contributed by atoms with E-state index in [0.717, 1.165) is 27.8 Å². The lowest BCUT2D eigenvalue weighted by Gasteiger charge is -2.29. The van der Waals surface area contributed by atoms with Crippen LogP contribution in [-0.2, 0) is 54.4 Å². The summed E-state index contributed by atoms with van der Waals surface area (Å²) in [5.74, 6) is -4.29. The molecule has 2 aliphatic rings. The van der Waals surface area contributed by atoms with Crippen molar-refractivity contribution in [1.29, 1.82) is 0 Å². The van der Waals surface area contributed by atoms with Gasteiger partial charge in [-0.25, -0.2) is 19.4 Å². The predicted octanol–water partition coefficient (Wildman–Crippen LogP) is 11.3. The number of Topliss-reactive ketones (excluding diaryl/α,β-unsaturated/α-hetero) is 2. The molecular weight excluding hydrogens is 1190 g/mol. The lowest BCUT2D eigenvalue weighted by molar-refractivity contribution is -0.149. The molecule has 5 atom stereocenters. The smallest absolute Gasteiger partial charge is 0.418 e. The van der Waals surface area contributed by atoms with Gasteiger partial charge in [-0.1, -0.05) is 133 Å². The fourth-order valence-corrected chi connectivity index (χ4v) is 9.92. The molecule has 23 heteroatoms. The molecule has 486 valence electrons. The van der Waals surface area contributed by atoms with Gasteiger partial charge in [0.2, 0.25) is 6.23 Å². The Hall–Kier alpha value is -9.15. The number of imide groups is 2. The van der Waals surface area contributed by atoms with E-state index in [9.17, 15) is 47.9 Å². The van der Waals surface area contributed by atoms with Crippen molar-refractivity contribution in [3.05, 3.63) is 136 Å². The second kappa shape index (κ2) is 29.7. The van der Waals surface area contributed by atoms with Crippen molar-refractivity contribution in [2.24, 2.45) is 10.8 Å². The van der Waals surface area contributed by atoms with Crippen LogP contribution in [0.25, 0.3) is 0 Å². The molecule has 91 heavy (non-hydrogen) atoms. The fraction of sp³-hybridized carbons (Fsp3) is 0.412. The molecule has 0 radical (unpaired) electrons. The zero-order valence-corrected chi connectivity index (χ0v) is 55.1. The highest BCUT2D eigenvalue weighted by Gasteiger charge is 2.56. The van der Waals surface area contributed by atoms with Gasteiger partial charge in [0.1, 0.15) is 17.2 Å². The highest BCUT2D eigenvalue weighted by Crippen LogP contribution is 2.35. The SMILES string of the molecule is CCC(Oc1ccc(C)cc1C)C(=O)Nc1ccc(OC)c(NC(=O)C(C(=O)C(C)(C)C)N2C(=O)OC(C)(C)C2=O)c1.CCOC1C(=O)N(C(C(=O)Nc2cc(NC(=O)C(CC)Oc3ccc(C)cc3C)ccc2Cl)C(=O)C(C)(C)C)C(=O)N1Cc1ccccc1. The highest BCUT2D eigenvalue weighted by molar-refractivity contribution is 6.34. The number of methoxy groups -OCH3 is 1. The molecule has 7 rings (SSSR count). The predicted molar refractivity (Wildman–Crippen MR) is 344 cm³/mol. The van der Waals surface area contributed by atoms with Gasteiger partial charge in [0.15, 0.2) is 41.5 Å². The topological polar surface area (TPSA) is 275 Å². The Balaban J connectivity index is 0.000000293. The molecule has 0 saturated carbocycles. The Morgan fingerprint density at radius 3 is 1.49 bits per heavy atom. The Labute approximate surface area is 535 Å². The molecule has 2 aliphatic heterocycles. The summed E-state index contributed by atoms with van der Waals surface area (Å²) in [6.45, 7) is 25.5. The summed E-state index contributed by atoms with van der Waals surface area (Å²) in [6, 6.07) is 24.9. The van der Waals surface area contributed by atoms with Crippen molar-refractivity contribution in [2.75, 3.05) is 35.0 Å². The maximum absolute atomic E-state index is 14.0. The van der Waals surface area contributed by atoms with Crippen LogP contribution in [0.3, 0.4) is 0 Å². The van der Waals surface area contributed by atoms with Crippen LogP contribution in [0.5, 0.6) is 17.2 Å². The molecular formula is C68H82ClN7O15. The van der Waals surface area contributed by atoms with E-state index in [0.29, 0.717) is 45.5 Å². The van der Waals surface area contributed by atoms with Crippen LogP contribution in [0.15, 0.2) is 103 Å². The minimum absolute atomic E-state index is 0.0180. The summed E-state index contributed by atoms with van der Waals surface area (Å²) in [7, 11) is 1.38. The third-order valence-electron chi connectivity index (χ3n) is 14.7. The number of aryl methyl sites for hydroxylation is 4. The summed E-state index contributed by atoms with van der Waals surface area (Å²) in [6.07, 6.45) is -3.25. The number of carbonyl (C=O) groups excluding carboxylic acids is 10. The largest absolute Gasteiger partial charge is 0.495 e. The molecule has 0 aromatic heterocycles. The molecule has 2 heterocycles. The number of anilines is 4. The van der Waals surface area contributed by atoms with Crippen LogP contribution in [0.2, 0.25) is 5.02 Å². The van der Waals surface area contributed by atoms with E-state index in [-0.39, 0.29) is 35.3 Å². The minimum atomic E-state index is -1.84. The van der Waals surface area contributed by atoms with Gasteiger partial charge in [-0.05, 0) is 127 Å². The number of carbonyl (C=O) groups is 10. The number of halogens is 1. The number of nitrogens with zero attached hydrogens (tertiary/aromatic N) is 3. The van der Waals surface area contributed by atoms with Gasteiger partial charge in [-0.2, -0.15) is 0 Å². The maximum atomic E-state index is 14.0. The molecule has 0 spiro atoms. The van der Waals surface area contributed by atoms with E-state index in [1.54, 1.807) is 84.9 Å². The molecule has 5 aromatic rings. The summed E-state index contributed by atoms with van der Waals surface area (Å²) in [5, 5.41) is 10.9. The summed E-state index contributed by atoms with van der Waals surface area (Å²) >= 11 is 6.46. The molecule has 22 nitrogen and oxygen atoms in total. The van der Waals surface area contributed by atoms with Gasteiger partial charge in [0, 0.05) is 28.8 Å². The molecule has 5 aromatic carbocycles. The van der Waals surface area contributed by atoms with Gasteiger partial charge in [0.25, 0.3) is 35.4 Å². The van der Waals surface area contributed by atoms with E-state index in [1.165, 1.54) is 50.1 Å². The zero-order chi connectivity index (χ0) is 67.6. The Morgan fingerprint density at radius 1 is 0.593 bits per heavy atom. The summed E-state index contributed by atoms with van der Waals surface area (Å²) in [4.78, 5) is 137. The van der Waals surface area contributed by atoms with Gasteiger partial charge >= 0.3 is 12.1 Å². The molecule has 9 amide bonds. The molecule has 0 aliphatic carbocycles. The first-order chi connectivity index (χ1) is 42.6. The number of ether oxygens (including phenoxy) is 5. The first-order valence-electron chi connectivity index (χ1n) is 29.8. The van der Waals surface area contributed by atoms with Gasteiger partial charge in [0.05, 0.1) is 30.1 Å². The molecule has 2 fully saturated rings. The van der Waals surface area contributed by atoms with E-state index in [2.05, 4.69) is 21.3 Å². The van der Waals surface area contributed by atoms with Crippen molar-refractivity contribution < 1.29 is 71.6 Å². The number of hydrogen-bond donors (Lipinski definition) is 4. The Bertz CT molecular complexity index is 3600. The Kier molecular flexibility index (Phi) is 23.1. The van der Waals surface area contributed by atoms with Gasteiger partial charge in [-0.15, -0.1) is 0 Å². The average molecular weight is 1270 g/mol. The Morgan fingerprint density at radius 2 is 1.05 bits per heavy atom. The second-order valence-electron chi connectivity index (χ2n) is 24.6. The lowest BCUT2D eigenvalue weighted by atomic mass is 9.85. The van der Waals surface area contributed by atoms with E-state index in [4.69, 9.17) is 35.3 Å². The molecule has 2 saturated heterocycles. The van der Waals surface area contributed by atoms with E-state index in [1.807, 2.05) is 84.0 Å². The zero-order valence-electron chi connectivity index (χ0n) is 54.4. The number of benzene rings is 5. The number of urea groups is 1. The molecule has 4 N–H and O–H groups in total. The van der Waals surface area contributed by atoms with Crippen LogP contribution in [0, 0.1) is 38.5 Å². The van der Waals surface area contributed by atoms with Crippen molar-refractivity contribution in [1.82, 2.24) is 14.7 Å².